The predicted octanol–water partition coefficient (Wildman–Crippen LogP) is 3.43. The van der Waals surface area contributed by atoms with E-state index in [9.17, 15) is 14.4 Å². The quantitative estimate of drug-likeness (QED) is 0.565. The van der Waals surface area contributed by atoms with E-state index in [1.165, 1.54) is 34.1 Å². The second kappa shape index (κ2) is 9.36. The number of hydrogen-bond donors (Lipinski definition) is 2. The molecule has 7 nitrogen and oxygen atoms in total. The van der Waals surface area contributed by atoms with Crippen LogP contribution in [-0.2, 0) is 9.59 Å². The van der Waals surface area contributed by atoms with Crippen LogP contribution in [0, 0.1) is 0 Å². The molecule has 0 unspecified atom stereocenters. The fourth-order valence-electron chi connectivity index (χ4n) is 2.35. The summed E-state index contributed by atoms with van der Waals surface area (Å²) in [6.07, 6.45) is 1.20. The highest BCUT2D eigenvalue weighted by atomic mass is 16.5. The van der Waals surface area contributed by atoms with Crippen LogP contribution in [0.3, 0.4) is 0 Å². The summed E-state index contributed by atoms with van der Waals surface area (Å²) in [5.41, 5.74) is 1.76. The number of ether oxygens (including phenoxy) is 2. The maximum atomic E-state index is 12.4. The van der Waals surface area contributed by atoms with Crippen molar-refractivity contribution in [2.45, 2.75) is 13.8 Å². The largest absolute Gasteiger partial charge is 0.497 e. The molecule has 7 heteroatoms. The van der Waals surface area contributed by atoms with Crippen molar-refractivity contribution >= 4 is 29.0 Å². The molecular weight excluding hydrogens is 360 g/mol. The molecule has 0 aromatic heterocycles. The van der Waals surface area contributed by atoms with Crippen molar-refractivity contribution in [2.75, 3.05) is 24.9 Å². The Morgan fingerprint density at radius 1 is 0.893 bits per heavy atom. The first kappa shape index (κ1) is 20.7. The van der Waals surface area contributed by atoms with Gasteiger partial charge < -0.3 is 20.1 Å². The summed E-state index contributed by atoms with van der Waals surface area (Å²) in [7, 11) is 3.02. The number of anilines is 2. The molecule has 0 fully saturated rings. The van der Waals surface area contributed by atoms with Crippen molar-refractivity contribution in [3.8, 4) is 11.5 Å². The maximum Gasteiger partial charge on any atom is 0.251 e. The van der Waals surface area contributed by atoms with E-state index in [1.807, 2.05) is 0 Å². The molecular formula is C21H22N2O5. The molecule has 2 aromatic carbocycles. The Hall–Kier alpha value is -3.61. The number of Topliss-reactive ketones (excluding diaryl/α,β-unsaturated/α-hetero) is 1. The number of benzene rings is 2. The molecule has 0 aliphatic rings. The monoisotopic (exact) mass is 382 g/mol. The highest BCUT2D eigenvalue weighted by Crippen LogP contribution is 2.29. The average Bonchev–Trinajstić information content (AvgIpc) is 2.68. The van der Waals surface area contributed by atoms with Gasteiger partial charge in [-0.25, -0.2) is 0 Å². The normalized spacial score (nSPS) is 10.8. The molecule has 2 amide bonds. The van der Waals surface area contributed by atoms with Crippen molar-refractivity contribution in [1.29, 1.82) is 0 Å². The van der Waals surface area contributed by atoms with Gasteiger partial charge in [-0.1, -0.05) is 0 Å². The first-order valence-corrected chi connectivity index (χ1v) is 8.47. The molecule has 0 spiro atoms. The summed E-state index contributed by atoms with van der Waals surface area (Å²) >= 11 is 0. The van der Waals surface area contributed by atoms with Crippen LogP contribution >= 0.6 is 0 Å². The van der Waals surface area contributed by atoms with Gasteiger partial charge in [0.25, 0.3) is 5.91 Å². The smallest absolute Gasteiger partial charge is 0.251 e. The van der Waals surface area contributed by atoms with Crippen LogP contribution in [-0.4, -0.2) is 31.8 Å². The molecule has 0 radical (unpaired) electrons. The summed E-state index contributed by atoms with van der Waals surface area (Å²) in [6, 6.07) is 11.5. The van der Waals surface area contributed by atoms with E-state index in [4.69, 9.17) is 9.47 Å². The third-order valence-corrected chi connectivity index (χ3v) is 3.92. The number of hydrogen-bond acceptors (Lipinski definition) is 5. The zero-order chi connectivity index (χ0) is 20.7. The molecule has 0 atom stereocenters. The highest BCUT2D eigenvalue weighted by molar-refractivity contribution is 6.10. The van der Waals surface area contributed by atoms with E-state index in [2.05, 4.69) is 10.6 Å². The summed E-state index contributed by atoms with van der Waals surface area (Å²) in [4.78, 5) is 35.8. The summed E-state index contributed by atoms with van der Waals surface area (Å²) < 4.78 is 10.4. The van der Waals surface area contributed by atoms with Gasteiger partial charge >= 0.3 is 0 Å². The predicted molar refractivity (Wildman–Crippen MR) is 107 cm³/mol. The Labute approximate surface area is 163 Å². The molecule has 0 saturated heterocycles. The molecule has 0 bridgehead atoms. The average molecular weight is 382 g/mol. The van der Waals surface area contributed by atoms with Gasteiger partial charge in [0, 0.05) is 29.0 Å². The number of nitrogens with one attached hydrogen (secondary N) is 2. The molecule has 0 saturated carbocycles. The van der Waals surface area contributed by atoms with E-state index in [0.29, 0.717) is 28.4 Å². The van der Waals surface area contributed by atoms with Crippen LogP contribution in [0.1, 0.15) is 24.2 Å². The van der Waals surface area contributed by atoms with Gasteiger partial charge in [-0.05, 0) is 50.2 Å². The van der Waals surface area contributed by atoms with Crippen LogP contribution in [0.15, 0.2) is 54.1 Å². The molecule has 0 aliphatic carbocycles. The minimum Gasteiger partial charge on any atom is -0.497 e. The minimum absolute atomic E-state index is 0.0563. The van der Waals surface area contributed by atoms with Crippen molar-refractivity contribution in [3.05, 3.63) is 59.7 Å². The lowest BCUT2D eigenvalue weighted by Crippen LogP contribution is -2.16. The van der Waals surface area contributed by atoms with Gasteiger partial charge in [0.15, 0.2) is 5.78 Å². The zero-order valence-electron chi connectivity index (χ0n) is 16.2. The fourth-order valence-corrected chi connectivity index (χ4v) is 2.35. The van der Waals surface area contributed by atoms with Gasteiger partial charge in [0.05, 0.1) is 19.9 Å². The third kappa shape index (κ3) is 5.44. The Morgan fingerprint density at radius 3 is 2.14 bits per heavy atom. The lowest BCUT2D eigenvalue weighted by atomic mass is 10.1. The standard InChI is InChI=1S/C21H22N2O5/c1-13(11-20(25)22-16-7-5-15(6-8-16)14(2)24)21(26)23-18-10-9-17(27-3)12-19(18)28-4/h5-12H,1-4H3,(H,22,25)(H,23,26)/b13-11-. The number of amides is 2. The summed E-state index contributed by atoms with van der Waals surface area (Å²) in [5, 5.41) is 5.34. The van der Waals surface area contributed by atoms with Gasteiger partial charge in [0.1, 0.15) is 11.5 Å². The van der Waals surface area contributed by atoms with Crippen molar-refractivity contribution in [1.82, 2.24) is 0 Å². The lowest BCUT2D eigenvalue weighted by molar-refractivity contribution is -0.114. The third-order valence-electron chi connectivity index (χ3n) is 3.92. The molecule has 0 aliphatic heterocycles. The van der Waals surface area contributed by atoms with Crippen LogP contribution in [0.4, 0.5) is 11.4 Å². The minimum atomic E-state index is -0.454. The number of carbonyl (C=O) groups is 3. The van der Waals surface area contributed by atoms with Gasteiger partial charge in [-0.2, -0.15) is 0 Å². The number of carbonyl (C=O) groups excluding carboxylic acids is 3. The number of rotatable bonds is 7. The first-order chi connectivity index (χ1) is 13.3. The second-order valence-electron chi connectivity index (χ2n) is 5.97. The summed E-state index contributed by atoms with van der Waals surface area (Å²) in [5.74, 6) is 0.0857. The van der Waals surface area contributed by atoms with Crippen molar-refractivity contribution in [2.24, 2.45) is 0 Å². The van der Waals surface area contributed by atoms with E-state index in [0.717, 1.165) is 0 Å². The molecule has 2 N–H and O–H groups in total. The van der Waals surface area contributed by atoms with Crippen molar-refractivity contribution in [3.63, 3.8) is 0 Å². The Balaban J connectivity index is 2.04. The molecule has 146 valence electrons. The van der Waals surface area contributed by atoms with Crippen LogP contribution in [0.5, 0.6) is 11.5 Å². The Bertz CT molecular complexity index is 917. The molecule has 2 aromatic rings. The Kier molecular flexibility index (Phi) is 6.92. The SMILES string of the molecule is COc1ccc(NC(=O)/C(C)=C\C(=O)Nc2ccc(C(C)=O)cc2)c(OC)c1. The fraction of sp³-hybridized carbons (Fsp3) is 0.190. The number of methoxy groups -OCH3 is 2. The van der Waals surface area contributed by atoms with Crippen LogP contribution in [0.25, 0.3) is 0 Å². The highest BCUT2D eigenvalue weighted by Gasteiger charge is 2.12. The summed E-state index contributed by atoms with van der Waals surface area (Å²) in [6.45, 7) is 3.00. The van der Waals surface area contributed by atoms with E-state index >= 15 is 0 Å². The van der Waals surface area contributed by atoms with E-state index in [-0.39, 0.29) is 11.4 Å². The maximum absolute atomic E-state index is 12.4. The zero-order valence-corrected chi connectivity index (χ0v) is 16.2. The lowest BCUT2D eigenvalue weighted by Gasteiger charge is -2.12. The molecule has 0 heterocycles. The number of ketones is 1. The molecule has 2 rings (SSSR count). The topological polar surface area (TPSA) is 93.7 Å². The van der Waals surface area contributed by atoms with E-state index in [1.54, 1.807) is 42.5 Å². The Morgan fingerprint density at radius 2 is 1.57 bits per heavy atom. The van der Waals surface area contributed by atoms with Crippen molar-refractivity contribution < 1.29 is 23.9 Å². The van der Waals surface area contributed by atoms with E-state index < -0.39 is 11.8 Å². The van der Waals surface area contributed by atoms with Gasteiger partial charge in [-0.15, -0.1) is 0 Å². The van der Waals surface area contributed by atoms with Crippen LogP contribution in [0.2, 0.25) is 0 Å². The van der Waals surface area contributed by atoms with Crippen LogP contribution < -0.4 is 20.1 Å². The molecule has 28 heavy (non-hydrogen) atoms. The van der Waals surface area contributed by atoms with Gasteiger partial charge in [-0.3, -0.25) is 14.4 Å². The second-order valence-corrected chi connectivity index (χ2v) is 5.97. The van der Waals surface area contributed by atoms with Gasteiger partial charge in [0.2, 0.25) is 5.91 Å². The first-order valence-electron chi connectivity index (χ1n) is 8.47.